The lowest BCUT2D eigenvalue weighted by molar-refractivity contribution is 0.103. The van der Waals surface area contributed by atoms with E-state index in [9.17, 15) is 0 Å². The van der Waals surface area contributed by atoms with Crippen molar-refractivity contribution in [3.8, 4) is 0 Å². The third-order valence-electron chi connectivity index (χ3n) is 4.82. The van der Waals surface area contributed by atoms with Gasteiger partial charge in [0, 0.05) is 31.4 Å². The van der Waals surface area contributed by atoms with E-state index in [0.717, 1.165) is 13.2 Å². The number of ether oxygens (including phenoxy) is 1. The van der Waals surface area contributed by atoms with Crippen molar-refractivity contribution in [3.63, 3.8) is 0 Å². The maximum absolute atomic E-state index is 6.00. The number of aryl methyl sites for hydroxylation is 1. The Kier molecular flexibility index (Phi) is 4.81. The number of nitrogens with zero attached hydrogens (tertiary/aromatic N) is 1. The van der Waals surface area contributed by atoms with Gasteiger partial charge in [0.1, 0.15) is 0 Å². The summed E-state index contributed by atoms with van der Waals surface area (Å²) in [6.45, 7) is 5.38. The van der Waals surface area contributed by atoms with Gasteiger partial charge in [0.05, 0.1) is 6.10 Å². The fraction of sp³-hybridized carbons (Fsp3) is 0.667. The first-order valence-electron chi connectivity index (χ1n) is 8.49. The zero-order valence-electron chi connectivity index (χ0n) is 13.2. The maximum Gasteiger partial charge on any atom is 0.0576 e. The monoisotopic (exact) mass is 288 g/mol. The molecular formula is C18H28N2O. The highest BCUT2D eigenvalue weighted by Crippen LogP contribution is 2.30. The summed E-state index contributed by atoms with van der Waals surface area (Å²) in [5.41, 5.74) is 10.2. The second-order valence-corrected chi connectivity index (χ2v) is 6.54. The average Bonchev–Trinajstić information content (AvgIpc) is 3.00. The Balaban J connectivity index is 1.60. The smallest absolute Gasteiger partial charge is 0.0576 e. The van der Waals surface area contributed by atoms with E-state index >= 15 is 0 Å². The van der Waals surface area contributed by atoms with Crippen LogP contribution in [-0.4, -0.2) is 25.8 Å². The lowest BCUT2D eigenvalue weighted by Crippen LogP contribution is -2.31. The van der Waals surface area contributed by atoms with Crippen LogP contribution >= 0.6 is 0 Å². The van der Waals surface area contributed by atoms with Gasteiger partial charge in [0.15, 0.2) is 0 Å². The summed E-state index contributed by atoms with van der Waals surface area (Å²) in [6, 6.07) is 6.91. The minimum atomic E-state index is 0.130. The van der Waals surface area contributed by atoms with Gasteiger partial charge in [-0.1, -0.05) is 12.1 Å². The zero-order valence-corrected chi connectivity index (χ0v) is 13.2. The second kappa shape index (κ2) is 6.80. The number of rotatable bonds is 5. The standard InChI is InChI=1S/C18H28N2O/c1-14(19)15-8-9-18-16(13-15)5-2-10-20(18)11-3-6-17-7-4-12-21-17/h8-9,13-14,17H,2-7,10-12,19H2,1H3. The summed E-state index contributed by atoms with van der Waals surface area (Å²) in [5.74, 6) is 0. The summed E-state index contributed by atoms with van der Waals surface area (Å²) in [6.07, 6.45) is 7.93. The molecule has 2 aliphatic rings. The van der Waals surface area contributed by atoms with Gasteiger partial charge in [-0.15, -0.1) is 0 Å². The van der Waals surface area contributed by atoms with Gasteiger partial charge in [-0.05, 0) is 62.6 Å². The highest BCUT2D eigenvalue weighted by molar-refractivity contribution is 5.57. The fourth-order valence-electron chi connectivity index (χ4n) is 3.59. The van der Waals surface area contributed by atoms with Crippen molar-refractivity contribution in [2.75, 3.05) is 24.6 Å². The lowest BCUT2D eigenvalue weighted by atomic mass is 9.96. The van der Waals surface area contributed by atoms with Crippen molar-refractivity contribution in [2.24, 2.45) is 5.73 Å². The van der Waals surface area contributed by atoms with Crippen LogP contribution in [0.5, 0.6) is 0 Å². The molecule has 0 radical (unpaired) electrons. The molecule has 1 aromatic carbocycles. The van der Waals surface area contributed by atoms with Crippen LogP contribution in [0.2, 0.25) is 0 Å². The van der Waals surface area contributed by atoms with E-state index in [4.69, 9.17) is 10.5 Å². The van der Waals surface area contributed by atoms with Crippen molar-refractivity contribution < 1.29 is 4.74 Å². The molecule has 2 heterocycles. The van der Waals surface area contributed by atoms with E-state index in [-0.39, 0.29) is 6.04 Å². The Morgan fingerprint density at radius 2 is 2.29 bits per heavy atom. The first-order chi connectivity index (χ1) is 10.2. The van der Waals surface area contributed by atoms with Gasteiger partial charge < -0.3 is 15.4 Å². The highest BCUT2D eigenvalue weighted by atomic mass is 16.5. The van der Waals surface area contributed by atoms with Crippen molar-refractivity contribution in [1.82, 2.24) is 0 Å². The molecule has 2 N–H and O–H groups in total. The van der Waals surface area contributed by atoms with Gasteiger partial charge in [-0.2, -0.15) is 0 Å². The van der Waals surface area contributed by atoms with Crippen LogP contribution in [0.3, 0.4) is 0 Å². The number of benzene rings is 1. The van der Waals surface area contributed by atoms with E-state index in [2.05, 4.69) is 30.0 Å². The van der Waals surface area contributed by atoms with Gasteiger partial charge in [0.25, 0.3) is 0 Å². The number of hydrogen-bond donors (Lipinski definition) is 1. The van der Waals surface area contributed by atoms with Crippen molar-refractivity contribution in [3.05, 3.63) is 29.3 Å². The lowest BCUT2D eigenvalue weighted by Gasteiger charge is -2.32. The highest BCUT2D eigenvalue weighted by Gasteiger charge is 2.19. The van der Waals surface area contributed by atoms with Crippen LogP contribution < -0.4 is 10.6 Å². The Morgan fingerprint density at radius 1 is 1.38 bits per heavy atom. The van der Waals surface area contributed by atoms with E-state index in [1.165, 1.54) is 61.9 Å². The van der Waals surface area contributed by atoms with Crippen LogP contribution in [0.1, 0.15) is 56.2 Å². The molecule has 0 spiro atoms. The minimum Gasteiger partial charge on any atom is -0.378 e. The number of fused-ring (bicyclic) bond motifs is 1. The van der Waals surface area contributed by atoms with E-state index in [1.807, 2.05) is 0 Å². The Bertz CT molecular complexity index is 466. The number of anilines is 1. The summed E-state index contributed by atoms with van der Waals surface area (Å²) in [4.78, 5) is 2.55. The summed E-state index contributed by atoms with van der Waals surface area (Å²) in [5, 5.41) is 0. The van der Waals surface area contributed by atoms with E-state index < -0.39 is 0 Å². The Labute approximate surface area is 128 Å². The van der Waals surface area contributed by atoms with Gasteiger partial charge >= 0.3 is 0 Å². The van der Waals surface area contributed by atoms with Crippen LogP contribution in [0.25, 0.3) is 0 Å². The predicted octanol–water partition coefficient (Wildman–Crippen LogP) is 3.42. The summed E-state index contributed by atoms with van der Waals surface area (Å²) in [7, 11) is 0. The quantitative estimate of drug-likeness (QED) is 0.902. The van der Waals surface area contributed by atoms with Crippen LogP contribution in [0, 0.1) is 0 Å². The van der Waals surface area contributed by atoms with Crippen molar-refractivity contribution >= 4 is 5.69 Å². The predicted molar refractivity (Wildman–Crippen MR) is 87.8 cm³/mol. The van der Waals surface area contributed by atoms with Crippen LogP contribution in [-0.2, 0) is 11.2 Å². The first kappa shape index (κ1) is 14.9. The molecule has 21 heavy (non-hydrogen) atoms. The molecule has 3 nitrogen and oxygen atoms in total. The second-order valence-electron chi connectivity index (χ2n) is 6.54. The van der Waals surface area contributed by atoms with Gasteiger partial charge in [-0.25, -0.2) is 0 Å². The molecule has 1 fully saturated rings. The number of nitrogens with two attached hydrogens (primary N) is 1. The first-order valence-corrected chi connectivity index (χ1v) is 8.49. The number of hydrogen-bond acceptors (Lipinski definition) is 3. The van der Waals surface area contributed by atoms with Gasteiger partial charge in [0.2, 0.25) is 0 Å². The SMILES string of the molecule is CC(N)c1ccc2c(c1)CCCN2CCCC1CCCO1. The normalized spacial score (nSPS) is 23.1. The minimum absolute atomic E-state index is 0.130. The molecule has 3 rings (SSSR count). The molecule has 3 heteroatoms. The topological polar surface area (TPSA) is 38.5 Å². The van der Waals surface area contributed by atoms with Crippen LogP contribution in [0.4, 0.5) is 5.69 Å². The van der Waals surface area contributed by atoms with Crippen LogP contribution in [0.15, 0.2) is 18.2 Å². The molecule has 0 amide bonds. The zero-order chi connectivity index (χ0) is 14.7. The van der Waals surface area contributed by atoms with Gasteiger partial charge in [-0.3, -0.25) is 0 Å². The molecule has 0 bridgehead atoms. The Morgan fingerprint density at radius 3 is 3.05 bits per heavy atom. The van der Waals surface area contributed by atoms with E-state index in [1.54, 1.807) is 0 Å². The van der Waals surface area contributed by atoms with Crippen molar-refractivity contribution in [2.45, 2.75) is 57.6 Å². The Hall–Kier alpha value is -1.06. The molecule has 0 aliphatic carbocycles. The third kappa shape index (κ3) is 3.58. The molecule has 2 atom stereocenters. The molecule has 2 aliphatic heterocycles. The average molecular weight is 288 g/mol. The largest absolute Gasteiger partial charge is 0.378 e. The molecule has 0 saturated carbocycles. The molecule has 116 valence electrons. The van der Waals surface area contributed by atoms with Crippen molar-refractivity contribution in [1.29, 1.82) is 0 Å². The fourth-order valence-corrected chi connectivity index (χ4v) is 3.59. The summed E-state index contributed by atoms with van der Waals surface area (Å²) >= 11 is 0. The molecule has 1 saturated heterocycles. The van der Waals surface area contributed by atoms with E-state index in [0.29, 0.717) is 6.10 Å². The molecule has 1 aromatic rings. The maximum atomic E-state index is 6.00. The molecular weight excluding hydrogens is 260 g/mol. The third-order valence-corrected chi connectivity index (χ3v) is 4.82. The summed E-state index contributed by atoms with van der Waals surface area (Å²) < 4.78 is 5.72. The molecule has 0 aromatic heterocycles. The molecule has 2 unspecified atom stereocenters.